The van der Waals surface area contributed by atoms with E-state index in [1.807, 2.05) is 0 Å². The van der Waals surface area contributed by atoms with Crippen LogP contribution in [0.1, 0.15) is 19.3 Å². The van der Waals surface area contributed by atoms with Gasteiger partial charge in [0.15, 0.2) is 0 Å². The van der Waals surface area contributed by atoms with Gasteiger partial charge in [-0.3, -0.25) is 0 Å². The van der Waals surface area contributed by atoms with Crippen molar-refractivity contribution in [3.63, 3.8) is 0 Å². The second-order valence-corrected chi connectivity index (χ2v) is 3.61. The van der Waals surface area contributed by atoms with Crippen molar-refractivity contribution in [2.45, 2.75) is 31.3 Å². The van der Waals surface area contributed by atoms with E-state index in [0.29, 0.717) is 12.1 Å². The van der Waals surface area contributed by atoms with Crippen molar-refractivity contribution in [1.82, 2.24) is 10.2 Å². The van der Waals surface area contributed by atoms with Gasteiger partial charge in [-0.15, -0.1) is 0 Å². The van der Waals surface area contributed by atoms with E-state index in [1.165, 1.54) is 32.4 Å². The zero-order valence-corrected chi connectivity index (χ0v) is 6.58. The summed E-state index contributed by atoms with van der Waals surface area (Å²) in [5.74, 6) is 0. The molecule has 2 aliphatic rings. The summed E-state index contributed by atoms with van der Waals surface area (Å²) in [4.78, 5) is 2.42. The molecule has 2 aliphatic heterocycles. The van der Waals surface area contributed by atoms with E-state index in [1.54, 1.807) is 0 Å². The summed E-state index contributed by atoms with van der Waals surface area (Å²) < 4.78 is 0. The minimum absolute atomic E-state index is 0.678. The van der Waals surface area contributed by atoms with Crippen molar-refractivity contribution < 1.29 is 0 Å². The standard InChI is InChI=1S/C8H15N2/c1-10-5-7-3-2-4-8(6-10)9-7/h7-8H,2-6H2,1H3. The Balaban J connectivity index is 1.98. The van der Waals surface area contributed by atoms with Crippen LogP contribution in [0.3, 0.4) is 0 Å². The number of hydrogen-bond donors (Lipinski definition) is 0. The maximum absolute atomic E-state index is 4.70. The third-order valence-corrected chi connectivity index (χ3v) is 2.54. The third-order valence-electron chi connectivity index (χ3n) is 2.54. The van der Waals surface area contributed by atoms with Crippen molar-refractivity contribution in [3.05, 3.63) is 0 Å². The monoisotopic (exact) mass is 139 g/mol. The molecule has 0 aromatic heterocycles. The Morgan fingerprint density at radius 2 is 1.80 bits per heavy atom. The minimum atomic E-state index is 0.678. The molecule has 2 atom stereocenters. The Labute approximate surface area is 62.6 Å². The van der Waals surface area contributed by atoms with Crippen LogP contribution in [0.4, 0.5) is 0 Å². The summed E-state index contributed by atoms with van der Waals surface area (Å²) in [5, 5.41) is 4.70. The molecular weight excluding hydrogens is 124 g/mol. The Bertz CT molecular complexity index is 108. The van der Waals surface area contributed by atoms with Crippen LogP contribution in [0.15, 0.2) is 0 Å². The molecule has 2 rings (SSSR count). The number of rotatable bonds is 0. The highest BCUT2D eigenvalue weighted by molar-refractivity contribution is 4.88. The maximum atomic E-state index is 4.70. The van der Waals surface area contributed by atoms with Gasteiger partial charge in [-0.25, -0.2) is 5.32 Å². The van der Waals surface area contributed by atoms with Gasteiger partial charge < -0.3 is 4.90 Å². The average Bonchev–Trinajstić information content (AvgIpc) is 1.85. The summed E-state index contributed by atoms with van der Waals surface area (Å²) in [5.41, 5.74) is 0. The molecule has 0 N–H and O–H groups in total. The summed E-state index contributed by atoms with van der Waals surface area (Å²) in [7, 11) is 2.21. The summed E-state index contributed by atoms with van der Waals surface area (Å²) >= 11 is 0. The molecule has 2 heteroatoms. The highest BCUT2D eigenvalue weighted by Gasteiger charge is 2.28. The van der Waals surface area contributed by atoms with E-state index in [9.17, 15) is 0 Å². The molecule has 10 heavy (non-hydrogen) atoms. The molecule has 2 fully saturated rings. The van der Waals surface area contributed by atoms with Crippen LogP contribution in [0, 0.1) is 0 Å². The van der Waals surface area contributed by atoms with Crippen LogP contribution in [-0.2, 0) is 0 Å². The quantitative estimate of drug-likeness (QED) is 0.476. The van der Waals surface area contributed by atoms with Gasteiger partial charge in [0.2, 0.25) is 0 Å². The number of piperidine rings is 1. The topological polar surface area (TPSA) is 17.3 Å². The number of likely N-dealkylation sites (tertiary alicyclic amines) is 1. The van der Waals surface area contributed by atoms with Crippen LogP contribution in [-0.4, -0.2) is 37.1 Å². The molecule has 0 saturated carbocycles. The maximum Gasteiger partial charge on any atom is 0.0377 e. The van der Waals surface area contributed by atoms with Crippen molar-refractivity contribution >= 4 is 0 Å². The normalized spacial score (nSPS) is 41.7. The van der Waals surface area contributed by atoms with Crippen LogP contribution in [0.25, 0.3) is 0 Å². The van der Waals surface area contributed by atoms with E-state index < -0.39 is 0 Å². The van der Waals surface area contributed by atoms with E-state index in [0.717, 1.165) is 0 Å². The highest BCUT2D eigenvalue weighted by Crippen LogP contribution is 2.19. The molecule has 2 bridgehead atoms. The second-order valence-electron chi connectivity index (χ2n) is 3.61. The molecule has 0 aliphatic carbocycles. The highest BCUT2D eigenvalue weighted by atomic mass is 15.2. The first-order valence-electron chi connectivity index (χ1n) is 4.23. The van der Waals surface area contributed by atoms with E-state index in [-0.39, 0.29) is 0 Å². The smallest absolute Gasteiger partial charge is 0.0377 e. The lowest BCUT2D eigenvalue weighted by Gasteiger charge is -2.39. The molecule has 2 heterocycles. The Hall–Kier alpha value is -0.0800. The minimum Gasteiger partial charge on any atom is -0.303 e. The zero-order chi connectivity index (χ0) is 6.97. The Morgan fingerprint density at radius 1 is 1.20 bits per heavy atom. The molecule has 0 spiro atoms. The Kier molecular flexibility index (Phi) is 1.66. The first-order valence-corrected chi connectivity index (χ1v) is 4.23. The van der Waals surface area contributed by atoms with Crippen molar-refractivity contribution in [2.24, 2.45) is 0 Å². The average molecular weight is 139 g/mol. The fourth-order valence-corrected chi connectivity index (χ4v) is 2.11. The van der Waals surface area contributed by atoms with E-state index in [4.69, 9.17) is 5.32 Å². The summed E-state index contributed by atoms with van der Waals surface area (Å²) in [6, 6.07) is 1.36. The van der Waals surface area contributed by atoms with Crippen LogP contribution >= 0.6 is 0 Å². The molecule has 2 saturated heterocycles. The molecule has 1 radical (unpaired) electrons. The molecular formula is C8H15N2. The van der Waals surface area contributed by atoms with Crippen molar-refractivity contribution in [2.75, 3.05) is 20.1 Å². The van der Waals surface area contributed by atoms with Crippen molar-refractivity contribution in [3.8, 4) is 0 Å². The first-order chi connectivity index (χ1) is 4.84. The van der Waals surface area contributed by atoms with Crippen LogP contribution in [0.2, 0.25) is 0 Å². The lowest BCUT2D eigenvalue weighted by molar-refractivity contribution is 0.145. The lowest BCUT2D eigenvalue weighted by atomic mass is 9.95. The first kappa shape index (κ1) is 6.62. The number of fused-ring (bicyclic) bond motifs is 2. The molecule has 57 valence electrons. The summed E-state index contributed by atoms with van der Waals surface area (Å²) in [6.45, 7) is 2.41. The summed E-state index contributed by atoms with van der Waals surface area (Å²) in [6.07, 6.45) is 4.08. The molecule has 2 unspecified atom stereocenters. The van der Waals surface area contributed by atoms with Crippen LogP contribution in [0.5, 0.6) is 0 Å². The lowest BCUT2D eigenvalue weighted by Crippen LogP contribution is -2.53. The number of likely N-dealkylation sites (N-methyl/N-ethyl adjacent to an activating group) is 1. The van der Waals surface area contributed by atoms with Gasteiger partial charge in [-0.05, 0) is 19.9 Å². The van der Waals surface area contributed by atoms with Gasteiger partial charge in [0, 0.05) is 25.2 Å². The van der Waals surface area contributed by atoms with E-state index >= 15 is 0 Å². The predicted octanol–water partition coefficient (Wildman–Crippen LogP) is 0.457. The van der Waals surface area contributed by atoms with Gasteiger partial charge in [0.25, 0.3) is 0 Å². The SMILES string of the molecule is CN1CC2CCCC(C1)[N]2. The molecule has 0 amide bonds. The van der Waals surface area contributed by atoms with Gasteiger partial charge in [0.05, 0.1) is 0 Å². The van der Waals surface area contributed by atoms with E-state index in [2.05, 4.69) is 11.9 Å². The Morgan fingerprint density at radius 3 is 2.40 bits per heavy atom. The number of nitrogens with zero attached hydrogens (tertiary/aromatic N) is 2. The fourth-order valence-electron chi connectivity index (χ4n) is 2.11. The molecule has 0 aromatic carbocycles. The molecule has 0 aromatic rings. The van der Waals surface area contributed by atoms with Gasteiger partial charge in [0.1, 0.15) is 0 Å². The van der Waals surface area contributed by atoms with Crippen LogP contribution < -0.4 is 5.32 Å². The largest absolute Gasteiger partial charge is 0.303 e. The second kappa shape index (κ2) is 2.51. The molecule has 2 nitrogen and oxygen atoms in total. The third kappa shape index (κ3) is 1.18. The number of hydrogen-bond acceptors (Lipinski definition) is 1. The van der Waals surface area contributed by atoms with Gasteiger partial charge in [-0.1, -0.05) is 6.42 Å². The fraction of sp³-hybridized carbons (Fsp3) is 1.00. The van der Waals surface area contributed by atoms with Crippen molar-refractivity contribution in [1.29, 1.82) is 0 Å². The zero-order valence-electron chi connectivity index (χ0n) is 6.58. The predicted molar refractivity (Wildman–Crippen MR) is 41.1 cm³/mol. The van der Waals surface area contributed by atoms with Gasteiger partial charge in [-0.2, -0.15) is 0 Å². The number of piperazine rings is 1. The van der Waals surface area contributed by atoms with Gasteiger partial charge >= 0.3 is 0 Å².